The molecule has 1 saturated heterocycles. The predicted molar refractivity (Wildman–Crippen MR) is 192 cm³/mol. The molecule has 252 valence electrons. The first-order valence-corrected chi connectivity index (χ1v) is 17.2. The maximum Gasteiger partial charge on any atom is 0.319 e. The van der Waals surface area contributed by atoms with Crippen molar-refractivity contribution in [3.8, 4) is 17.2 Å². The van der Waals surface area contributed by atoms with Crippen molar-refractivity contribution >= 4 is 23.5 Å². The van der Waals surface area contributed by atoms with Gasteiger partial charge in [0.25, 0.3) is 0 Å². The minimum Gasteiger partial charge on any atom is -0.496 e. The highest BCUT2D eigenvalue weighted by Gasteiger charge is 2.38. The molecule has 0 spiro atoms. The molecule has 1 fully saturated rings. The molecule has 0 saturated carbocycles. The average molecular weight is 677 g/mol. The molecule has 0 aromatic heterocycles. The van der Waals surface area contributed by atoms with Crippen LogP contribution in [0.2, 0.25) is 0 Å². The van der Waals surface area contributed by atoms with Gasteiger partial charge < -0.3 is 34.7 Å². The second kappa shape index (κ2) is 16.5. The first-order valence-electron chi connectivity index (χ1n) is 16.2. The summed E-state index contributed by atoms with van der Waals surface area (Å²) in [7, 11) is 1.68. The Hall–Kier alpha value is -4.80. The van der Waals surface area contributed by atoms with E-state index in [1.54, 1.807) is 31.0 Å². The number of anilines is 1. The molecule has 6 rings (SSSR count). The highest BCUT2D eigenvalue weighted by atomic mass is 32.2. The number of hydrogen-bond donors (Lipinski definition) is 3. The number of nitrogens with one attached hydrogen (secondary N) is 2. The molecular formula is C40H40N2O6S. The van der Waals surface area contributed by atoms with E-state index < -0.39 is 6.29 Å². The number of para-hydroxylation sites is 2. The number of urea groups is 1. The molecule has 49 heavy (non-hydrogen) atoms. The van der Waals surface area contributed by atoms with Gasteiger partial charge in [-0.25, -0.2) is 4.79 Å². The van der Waals surface area contributed by atoms with E-state index in [0.29, 0.717) is 23.7 Å². The molecule has 9 heteroatoms. The van der Waals surface area contributed by atoms with Crippen LogP contribution in [0.15, 0.2) is 132 Å². The quantitative estimate of drug-likeness (QED) is 0.114. The van der Waals surface area contributed by atoms with Crippen LogP contribution < -0.4 is 20.1 Å². The van der Waals surface area contributed by atoms with Crippen LogP contribution in [0.4, 0.5) is 10.5 Å². The van der Waals surface area contributed by atoms with Gasteiger partial charge in [0.1, 0.15) is 17.2 Å². The Kier molecular flexibility index (Phi) is 11.5. The van der Waals surface area contributed by atoms with Gasteiger partial charge in [0.05, 0.1) is 25.9 Å². The Labute approximate surface area is 291 Å². The first-order chi connectivity index (χ1) is 24.0. The second-order valence-electron chi connectivity index (χ2n) is 11.8. The van der Waals surface area contributed by atoms with E-state index in [1.165, 1.54) is 0 Å². The summed E-state index contributed by atoms with van der Waals surface area (Å²) >= 11 is 1.70. The fraction of sp³-hybridized carbons (Fsp3) is 0.225. The molecule has 0 aliphatic carbocycles. The zero-order valence-corrected chi connectivity index (χ0v) is 28.3. The summed E-state index contributed by atoms with van der Waals surface area (Å²) < 4.78 is 24.6. The Balaban J connectivity index is 1.08. The van der Waals surface area contributed by atoms with Crippen LogP contribution in [-0.4, -0.2) is 30.1 Å². The van der Waals surface area contributed by atoms with Gasteiger partial charge in [-0.2, -0.15) is 0 Å². The lowest BCUT2D eigenvalue weighted by Gasteiger charge is -2.41. The Morgan fingerprint density at radius 2 is 1.43 bits per heavy atom. The van der Waals surface area contributed by atoms with Crippen molar-refractivity contribution in [2.75, 3.05) is 18.2 Å². The number of amides is 2. The normalized spacial score (nSPS) is 18.8. The fourth-order valence-electron chi connectivity index (χ4n) is 5.60. The van der Waals surface area contributed by atoms with Gasteiger partial charge in [-0.3, -0.25) is 0 Å². The number of carbonyl (C=O) groups is 1. The third kappa shape index (κ3) is 9.01. The molecule has 3 N–H and O–H groups in total. The molecular weight excluding hydrogens is 637 g/mol. The van der Waals surface area contributed by atoms with Gasteiger partial charge >= 0.3 is 6.03 Å². The summed E-state index contributed by atoms with van der Waals surface area (Å²) in [6.45, 7) is 2.50. The van der Waals surface area contributed by atoms with Gasteiger partial charge in [-0.05, 0) is 65.2 Å². The second-order valence-corrected chi connectivity index (χ2v) is 12.8. The summed E-state index contributed by atoms with van der Waals surface area (Å²) in [5.41, 5.74) is 4.38. The zero-order chi connectivity index (χ0) is 34.0. The largest absolute Gasteiger partial charge is 0.496 e. The fourth-order valence-corrected chi connectivity index (χ4v) is 6.80. The number of aliphatic hydroxyl groups excluding tert-OH is 1. The van der Waals surface area contributed by atoms with Gasteiger partial charge in [0, 0.05) is 34.4 Å². The minimum atomic E-state index is -0.582. The monoisotopic (exact) mass is 676 g/mol. The highest BCUT2D eigenvalue weighted by Crippen LogP contribution is 2.43. The molecule has 1 heterocycles. The number of methoxy groups -OCH3 is 1. The van der Waals surface area contributed by atoms with Gasteiger partial charge in [-0.1, -0.05) is 85.8 Å². The number of rotatable bonds is 12. The van der Waals surface area contributed by atoms with Gasteiger partial charge in [0.2, 0.25) is 0 Å². The molecule has 8 nitrogen and oxygen atoms in total. The van der Waals surface area contributed by atoms with Crippen molar-refractivity contribution in [1.82, 2.24) is 5.32 Å². The number of hydrogen-bond acceptors (Lipinski definition) is 7. The van der Waals surface area contributed by atoms with E-state index in [1.807, 2.05) is 109 Å². The third-order valence-corrected chi connectivity index (χ3v) is 9.54. The van der Waals surface area contributed by atoms with Crippen LogP contribution in [-0.2, 0) is 22.6 Å². The lowest BCUT2D eigenvalue weighted by atomic mass is 9.91. The number of aliphatic hydroxyl groups is 1. The summed E-state index contributed by atoms with van der Waals surface area (Å²) in [6, 6.07) is 40.3. The summed E-state index contributed by atoms with van der Waals surface area (Å²) in [6.07, 6.45) is -0.903. The number of ether oxygens (including phenoxy) is 4. The minimum absolute atomic E-state index is 0.00809. The van der Waals surface area contributed by atoms with Crippen LogP contribution in [0.5, 0.6) is 17.2 Å². The van der Waals surface area contributed by atoms with Crippen LogP contribution in [0.3, 0.4) is 0 Å². The number of benzene rings is 5. The van der Waals surface area contributed by atoms with Gasteiger partial charge in [-0.15, -0.1) is 11.8 Å². The standard InChI is InChI=1S/C40H40N2O6S/c1-27-36(26-49-37-11-7-6-10-35(37)45-2)47-39(48-38(27)30-16-14-29(25-43)15-17-30)31-18-12-28(13-19-31)24-41-40(44)42-32-20-22-34(23-21-32)46-33-8-4-3-5-9-33/h3-23,27,36,38-39,43H,24-26H2,1-2H3,(H2,41,42,44). The summed E-state index contributed by atoms with van der Waals surface area (Å²) in [5, 5.41) is 15.3. The zero-order valence-electron chi connectivity index (χ0n) is 27.5. The Morgan fingerprint density at radius 3 is 2.14 bits per heavy atom. The highest BCUT2D eigenvalue weighted by molar-refractivity contribution is 7.99. The topological polar surface area (TPSA) is 98.3 Å². The van der Waals surface area contributed by atoms with Crippen molar-refractivity contribution in [2.45, 2.75) is 43.5 Å². The SMILES string of the molecule is COc1ccccc1SCC1OC(c2ccc(CNC(=O)Nc3ccc(Oc4ccccc4)cc3)cc2)OC(c2ccc(CO)cc2)C1C. The Bertz CT molecular complexity index is 1790. The lowest BCUT2D eigenvalue weighted by Crippen LogP contribution is -2.38. The van der Waals surface area contributed by atoms with E-state index in [2.05, 4.69) is 23.6 Å². The molecule has 2 amide bonds. The molecule has 4 atom stereocenters. The molecule has 0 bridgehead atoms. The first kappa shape index (κ1) is 34.1. The van der Waals surface area contributed by atoms with Crippen molar-refractivity contribution in [1.29, 1.82) is 0 Å². The Morgan fingerprint density at radius 1 is 0.776 bits per heavy atom. The van der Waals surface area contributed by atoms with Crippen LogP contribution in [0, 0.1) is 5.92 Å². The van der Waals surface area contributed by atoms with Crippen LogP contribution >= 0.6 is 11.8 Å². The molecule has 5 aromatic carbocycles. The maximum absolute atomic E-state index is 12.6. The third-order valence-electron chi connectivity index (χ3n) is 8.39. The van der Waals surface area contributed by atoms with E-state index in [0.717, 1.165) is 38.6 Å². The number of thioether (sulfide) groups is 1. The van der Waals surface area contributed by atoms with E-state index >= 15 is 0 Å². The number of carbonyl (C=O) groups excluding carboxylic acids is 1. The average Bonchev–Trinajstić information content (AvgIpc) is 3.15. The van der Waals surface area contributed by atoms with Crippen molar-refractivity contribution in [2.24, 2.45) is 5.92 Å². The van der Waals surface area contributed by atoms with E-state index in [9.17, 15) is 9.90 Å². The van der Waals surface area contributed by atoms with Crippen molar-refractivity contribution in [3.05, 3.63) is 150 Å². The smallest absolute Gasteiger partial charge is 0.319 e. The molecule has 4 unspecified atom stereocenters. The van der Waals surface area contributed by atoms with Crippen LogP contribution in [0.1, 0.15) is 41.6 Å². The summed E-state index contributed by atoms with van der Waals surface area (Å²) in [4.78, 5) is 13.7. The predicted octanol–water partition coefficient (Wildman–Crippen LogP) is 8.89. The summed E-state index contributed by atoms with van der Waals surface area (Å²) in [5.74, 6) is 3.05. The van der Waals surface area contributed by atoms with Crippen molar-refractivity contribution < 1.29 is 28.8 Å². The molecule has 5 aromatic rings. The maximum atomic E-state index is 12.6. The van der Waals surface area contributed by atoms with Crippen LogP contribution in [0.25, 0.3) is 0 Å². The van der Waals surface area contributed by atoms with Crippen molar-refractivity contribution in [3.63, 3.8) is 0 Å². The molecule has 1 aliphatic heterocycles. The lowest BCUT2D eigenvalue weighted by molar-refractivity contribution is -0.268. The van der Waals surface area contributed by atoms with E-state index in [-0.39, 0.29) is 30.8 Å². The molecule has 1 aliphatic rings. The van der Waals surface area contributed by atoms with Gasteiger partial charge in [0.15, 0.2) is 6.29 Å². The molecule has 0 radical (unpaired) electrons. The van der Waals surface area contributed by atoms with E-state index in [4.69, 9.17) is 18.9 Å².